The molecule has 4 heteroatoms. The Labute approximate surface area is 101 Å². The highest BCUT2D eigenvalue weighted by Gasteiger charge is 2.39. The van der Waals surface area contributed by atoms with Crippen molar-refractivity contribution in [3.05, 3.63) is 18.2 Å². The molecule has 1 aromatic rings. The number of nitrogens with zero attached hydrogens (tertiary/aromatic N) is 1. The molecular formula is C13H18N2O2. The van der Waals surface area contributed by atoms with Gasteiger partial charge in [0.05, 0.1) is 0 Å². The second-order valence-electron chi connectivity index (χ2n) is 5.24. The molecule has 0 spiro atoms. The summed E-state index contributed by atoms with van der Waals surface area (Å²) in [5, 5.41) is 0. The molecule has 0 amide bonds. The van der Waals surface area contributed by atoms with Crippen LogP contribution in [0, 0.1) is 0 Å². The van der Waals surface area contributed by atoms with E-state index in [9.17, 15) is 0 Å². The zero-order valence-electron chi connectivity index (χ0n) is 10.3. The number of nitrogens with two attached hydrogens (primary N) is 1. The number of hydrogen-bond acceptors (Lipinski definition) is 4. The Bertz CT molecular complexity index is 445. The third-order valence-corrected chi connectivity index (χ3v) is 3.93. The SMILES string of the molecule is CC1(C)C(N)CCN1c1ccc2c(c1)OCO2. The first-order valence-electron chi connectivity index (χ1n) is 6.02. The minimum Gasteiger partial charge on any atom is -0.454 e. The molecule has 0 bridgehead atoms. The quantitative estimate of drug-likeness (QED) is 0.804. The van der Waals surface area contributed by atoms with Crippen molar-refractivity contribution in [2.24, 2.45) is 5.73 Å². The van der Waals surface area contributed by atoms with Gasteiger partial charge in [0.25, 0.3) is 0 Å². The minimum atomic E-state index is -0.00625. The van der Waals surface area contributed by atoms with Crippen molar-refractivity contribution in [3.8, 4) is 11.5 Å². The molecule has 92 valence electrons. The number of rotatable bonds is 1. The van der Waals surface area contributed by atoms with E-state index in [4.69, 9.17) is 15.2 Å². The van der Waals surface area contributed by atoms with Crippen LogP contribution in [0.25, 0.3) is 0 Å². The van der Waals surface area contributed by atoms with Crippen molar-refractivity contribution < 1.29 is 9.47 Å². The highest BCUT2D eigenvalue weighted by atomic mass is 16.7. The Morgan fingerprint density at radius 2 is 2.06 bits per heavy atom. The first-order valence-corrected chi connectivity index (χ1v) is 6.02. The topological polar surface area (TPSA) is 47.7 Å². The van der Waals surface area contributed by atoms with E-state index in [1.807, 2.05) is 12.1 Å². The molecule has 0 aromatic heterocycles. The first-order chi connectivity index (χ1) is 8.09. The highest BCUT2D eigenvalue weighted by Crippen LogP contribution is 2.39. The van der Waals surface area contributed by atoms with Crippen LogP contribution in [0.2, 0.25) is 0 Å². The molecular weight excluding hydrogens is 216 g/mol. The van der Waals surface area contributed by atoms with Gasteiger partial charge in [0, 0.05) is 29.9 Å². The Hall–Kier alpha value is -1.42. The average Bonchev–Trinajstić information content (AvgIpc) is 2.84. The Morgan fingerprint density at radius 3 is 2.76 bits per heavy atom. The van der Waals surface area contributed by atoms with E-state index < -0.39 is 0 Å². The molecule has 1 unspecified atom stereocenters. The van der Waals surface area contributed by atoms with E-state index in [2.05, 4.69) is 24.8 Å². The van der Waals surface area contributed by atoms with Crippen LogP contribution < -0.4 is 20.1 Å². The summed E-state index contributed by atoms with van der Waals surface area (Å²) in [6.45, 7) is 5.69. The maximum absolute atomic E-state index is 6.16. The summed E-state index contributed by atoms with van der Waals surface area (Å²) < 4.78 is 10.7. The van der Waals surface area contributed by atoms with Crippen LogP contribution in [0.1, 0.15) is 20.3 Å². The smallest absolute Gasteiger partial charge is 0.231 e. The predicted molar refractivity (Wildman–Crippen MR) is 66.6 cm³/mol. The Balaban J connectivity index is 1.95. The molecule has 0 saturated carbocycles. The fourth-order valence-corrected chi connectivity index (χ4v) is 2.62. The van der Waals surface area contributed by atoms with Gasteiger partial charge in [-0.15, -0.1) is 0 Å². The molecule has 2 aliphatic rings. The van der Waals surface area contributed by atoms with E-state index >= 15 is 0 Å². The molecule has 1 aromatic carbocycles. The van der Waals surface area contributed by atoms with Gasteiger partial charge in [-0.05, 0) is 32.4 Å². The second-order valence-corrected chi connectivity index (χ2v) is 5.24. The maximum atomic E-state index is 6.16. The van der Waals surface area contributed by atoms with Crippen LogP contribution in [0.4, 0.5) is 5.69 Å². The molecule has 4 nitrogen and oxygen atoms in total. The molecule has 1 saturated heterocycles. The largest absolute Gasteiger partial charge is 0.454 e. The summed E-state index contributed by atoms with van der Waals surface area (Å²) in [6, 6.07) is 6.31. The van der Waals surface area contributed by atoms with Gasteiger partial charge >= 0.3 is 0 Å². The lowest BCUT2D eigenvalue weighted by atomic mass is 9.96. The Kier molecular flexibility index (Phi) is 2.23. The van der Waals surface area contributed by atoms with E-state index in [0.717, 1.165) is 30.2 Å². The average molecular weight is 234 g/mol. The normalized spacial score (nSPS) is 25.4. The second kappa shape index (κ2) is 3.53. The summed E-state index contributed by atoms with van der Waals surface area (Å²) >= 11 is 0. The lowest BCUT2D eigenvalue weighted by Gasteiger charge is -2.36. The van der Waals surface area contributed by atoms with Gasteiger partial charge in [-0.1, -0.05) is 0 Å². The van der Waals surface area contributed by atoms with Gasteiger partial charge in [0.15, 0.2) is 11.5 Å². The lowest BCUT2D eigenvalue weighted by molar-refractivity contribution is 0.174. The van der Waals surface area contributed by atoms with Crippen LogP contribution in [0.15, 0.2) is 18.2 Å². The zero-order valence-corrected chi connectivity index (χ0v) is 10.3. The number of anilines is 1. The van der Waals surface area contributed by atoms with Crippen LogP contribution >= 0.6 is 0 Å². The van der Waals surface area contributed by atoms with Gasteiger partial charge in [-0.2, -0.15) is 0 Å². The molecule has 1 atom stereocenters. The monoisotopic (exact) mass is 234 g/mol. The standard InChI is InChI=1S/C13H18N2O2/c1-13(2)12(14)5-6-15(13)9-3-4-10-11(7-9)17-8-16-10/h3-4,7,12H,5-6,8,14H2,1-2H3. The lowest BCUT2D eigenvalue weighted by Crippen LogP contribution is -2.48. The summed E-state index contributed by atoms with van der Waals surface area (Å²) in [4.78, 5) is 2.35. The zero-order chi connectivity index (χ0) is 12.0. The Morgan fingerprint density at radius 1 is 1.29 bits per heavy atom. The maximum Gasteiger partial charge on any atom is 0.231 e. The fourth-order valence-electron chi connectivity index (χ4n) is 2.62. The van der Waals surface area contributed by atoms with Gasteiger partial charge < -0.3 is 20.1 Å². The molecule has 0 radical (unpaired) electrons. The molecule has 0 aliphatic carbocycles. The molecule has 1 fully saturated rings. The first kappa shape index (κ1) is 10.7. The van der Waals surface area contributed by atoms with Gasteiger partial charge in [0.2, 0.25) is 6.79 Å². The minimum absolute atomic E-state index is 0.00625. The van der Waals surface area contributed by atoms with Gasteiger partial charge in [-0.25, -0.2) is 0 Å². The number of fused-ring (bicyclic) bond motifs is 1. The van der Waals surface area contributed by atoms with E-state index in [-0.39, 0.29) is 11.6 Å². The summed E-state index contributed by atoms with van der Waals surface area (Å²) in [5.74, 6) is 1.66. The summed E-state index contributed by atoms with van der Waals surface area (Å²) in [7, 11) is 0. The van der Waals surface area contributed by atoms with E-state index in [0.29, 0.717) is 6.79 Å². The van der Waals surface area contributed by atoms with Crippen LogP contribution in [0.3, 0.4) is 0 Å². The van der Waals surface area contributed by atoms with Gasteiger partial charge in [-0.3, -0.25) is 0 Å². The predicted octanol–water partition coefficient (Wildman–Crippen LogP) is 1.73. The summed E-state index contributed by atoms with van der Waals surface area (Å²) in [5.41, 5.74) is 7.31. The van der Waals surface area contributed by atoms with Crippen molar-refractivity contribution in [2.75, 3.05) is 18.2 Å². The third kappa shape index (κ3) is 1.55. The van der Waals surface area contributed by atoms with Gasteiger partial charge in [0.1, 0.15) is 0 Å². The van der Waals surface area contributed by atoms with Crippen LogP contribution in [-0.2, 0) is 0 Å². The van der Waals surface area contributed by atoms with Crippen molar-refractivity contribution in [1.29, 1.82) is 0 Å². The van der Waals surface area contributed by atoms with E-state index in [1.165, 1.54) is 0 Å². The molecule has 2 N–H and O–H groups in total. The van der Waals surface area contributed by atoms with Crippen molar-refractivity contribution in [3.63, 3.8) is 0 Å². The van der Waals surface area contributed by atoms with Crippen LogP contribution in [-0.4, -0.2) is 24.9 Å². The molecule has 3 rings (SSSR count). The number of benzene rings is 1. The van der Waals surface area contributed by atoms with Crippen molar-refractivity contribution >= 4 is 5.69 Å². The third-order valence-electron chi connectivity index (χ3n) is 3.93. The van der Waals surface area contributed by atoms with Crippen LogP contribution in [0.5, 0.6) is 11.5 Å². The van der Waals surface area contributed by atoms with Crippen molar-refractivity contribution in [1.82, 2.24) is 0 Å². The summed E-state index contributed by atoms with van der Waals surface area (Å²) in [6.07, 6.45) is 1.03. The molecule has 2 heterocycles. The highest BCUT2D eigenvalue weighted by molar-refractivity contribution is 5.59. The number of ether oxygens (including phenoxy) is 2. The molecule has 17 heavy (non-hydrogen) atoms. The number of hydrogen-bond donors (Lipinski definition) is 1. The molecule has 2 aliphatic heterocycles. The van der Waals surface area contributed by atoms with Crippen molar-refractivity contribution in [2.45, 2.75) is 31.8 Å². The van der Waals surface area contributed by atoms with E-state index in [1.54, 1.807) is 0 Å². The fraction of sp³-hybridized carbons (Fsp3) is 0.538.